The monoisotopic (exact) mass is 361 g/mol. The minimum absolute atomic E-state index is 0. The minimum atomic E-state index is -0.640. The number of hydrogen-bond donors (Lipinski definition) is 2. The predicted molar refractivity (Wildman–Crippen MR) is 94.8 cm³/mol. The van der Waals surface area contributed by atoms with Gasteiger partial charge in [-0.3, -0.25) is 5.73 Å². The molecule has 25 heavy (non-hydrogen) atoms. The molecule has 3 aromatic rings. The van der Waals surface area contributed by atoms with E-state index >= 15 is 0 Å². The lowest BCUT2D eigenvalue weighted by Crippen LogP contribution is -3.00. The smallest absolute Gasteiger partial charge is 0.356 e. The average Bonchev–Trinajstić information content (AvgIpc) is 2.87. The van der Waals surface area contributed by atoms with Crippen LogP contribution in [-0.2, 0) is 13.1 Å². The molecule has 1 heterocycles. The van der Waals surface area contributed by atoms with E-state index in [0.29, 0.717) is 12.5 Å². The van der Waals surface area contributed by atoms with Gasteiger partial charge in [-0.1, -0.05) is 37.3 Å². The molecule has 3 N–H and O–H groups in total. The van der Waals surface area contributed by atoms with Crippen molar-refractivity contribution in [2.45, 2.75) is 32.5 Å². The zero-order valence-corrected chi connectivity index (χ0v) is 15.1. The maximum absolute atomic E-state index is 10.4. The number of ether oxygens (including phenoxy) is 1. The zero-order chi connectivity index (χ0) is 16.9. The van der Waals surface area contributed by atoms with Gasteiger partial charge in [0.2, 0.25) is 0 Å². The third kappa shape index (κ3) is 4.24. The molecule has 0 amide bonds. The number of nitrogens with zero attached hydrogens (tertiary/aromatic N) is 2. The molecule has 134 valence electrons. The van der Waals surface area contributed by atoms with E-state index < -0.39 is 6.10 Å². The first-order valence-electron chi connectivity index (χ1n) is 8.33. The first-order valence-corrected chi connectivity index (χ1v) is 8.33. The van der Waals surface area contributed by atoms with E-state index in [1.54, 1.807) is 0 Å². The van der Waals surface area contributed by atoms with Crippen molar-refractivity contribution >= 4 is 17.0 Å². The van der Waals surface area contributed by atoms with Crippen LogP contribution in [-0.4, -0.2) is 22.4 Å². The van der Waals surface area contributed by atoms with Gasteiger partial charge in [0.15, 0.2) is 0 Å². The Morgan fingerprint density at radius 3 is 2.52 bits per heavy atom. The normalized spacial score (nSPS) is 11.9. The minimum Gasteiger partial charge on any atom is -1.00 e. The number of halogens is 1. The summed E-state index contributed by atoms with van der Waals surface area (Å²) in [4.78, 5) is 0. The third-order valence-corrected chi connectivity index (χ3v) is 4.04. The highest BCUT2D eigenvalue weighted by Gasteiger charge is 2.22. The average molecular weight is 362 g/mol. The van der Waals surface area contributed by atoms with Crippen LogP contribution >= 0.6 is 0 Å². The van der Waals surface area contributed by atoms with E-state index in [1.807, 2.05) is 53.1 Å². The molecule has 0 radical (unpaired) electrons. The van der Waals surface area contributed by atoms with E-state index in [0.717, 1.165) is 29.7 Å². The maximum Gasteiger partial charge on any atom is 0.356 e. The van der Waals surface area contributed by atoms with E-state index in [2.05, 4.69) is 17.6 Å². The molecule has 0 saturated heterocycles. The molecular formula is C19H24ClN3O2. The number of anilines is 1. The van der Waals surface area contributed by atoms with E-state index in [9.17, 15) is 5.11 Å². The maximum atomic E-state index is 10.4. The van der Waals surface area contributed by atoms with Gasteiger partial charge in [-0.15, -0.1) is 0 Å². The van der Waals surface area contributed by atoms with Crippen molar-refractivity contribution in [3.05, 3.63) is 54.6 Å². The first-order chi connectivity index (χ1) is 11.7. The highest BCUT2D eigenvalue weighted by Crippen LogP contribution is 2.17. The van der Waals surface area contributed by atoms with Crippen LogP contribution < -0.4 is 27.4 Å². The Bertz CT molecular complexity index is 805. The Kier molecular flexibility index (Phi) is 6.67. The molecule has 3 rings (SSSR count). The molecule has 0 fully saturated rings. The van der Waals surface area contributed by atoms with Gasteiger partial charge in [0.25, 0.3) is 0 Å². The molecule has 6 heteroatoms. The summed E-state index contributed by atoms with van der Waals surface area (Å²) in [6.07, 6.45) is 0.362. The molecule has 0 aliphatic rings. The lowest BCUT2D eigenvalue weighted by atomic mass is 10.3. The fraction of sp³-hybridized carbons (Fsp3) is 0.316. The number of nitrogen functional groups attached to an aromatic ring is 1. The second kappa shape index (κ2) is 8.74. The first kappa shape index (κ1) is 19.1. The quantitative estimate of drug-likeness (QED) is 0.550. The van der Waals surface area contributed by atoms with Gasteiger partial charge in [-0.25, -0.2) is 9.13 Å². The lowest BCUT2D eigenvalue weighted by molar-refractivity contribution is -0.665. The predicted octanol–water partition coefficient (Wildman–Crippen LogP) is -0.635. The number of nitrogens with two attached hydrogens (primary N) is 1. The molecule has 2 aromatic carbocycles. The Morgan fingerprint density at radius 2 is 1.80 bits per heavy atom. The van der Waals surface area contributed by atoms with Crippen molar-refractivity contribution in [2.24, 2.45) is 0 Å². The van der Waals surface area contributed by atoms with E-state index in [1.165, 1.54) is 0 Å². The molecule has 0 saturated carbocycles. The van der Waals surface area contributed by atoms with Gasteiger partial charge in [-0.2, -0.15) is 0 Å². The van der Waals surface area contributed by atoms with Crippen molar-refractivity contribution < 1.29 is 26.8 Å². The molecular weight excluding hydrogens is 338 g/mol. The summed E-state index contributed by atoms with van der Waals surface area (Å²) in [5, 5.41) is 10.4. The molecule has 0 bridgehead atoms. The number of aromatic nitrogens is 2. The fourth-order valence-electron chi connectivity index (χ4n) is 2.94. The van der Waals surface area contributed by atoms with Gasteiger partial charge in [0, 0.05) is 0 Å². The van der Waals surface area contributed by atoms with Crippen LogP contribution in [0.2, 0.25) is 0 Å². The summed E-state index contributed by atoms with van der Waals surface area (Å²) < 4.78 is 9.69. The molecule has 0 aliphatic carbocycles. The molecule has 5 nitrogen and oxygen atoms in total. The Hall–Kier alpha value is -2.24. The number of benzene rings is 2. The third-order valence-electron chi connectivity index (χ3n) is 4.04. The Balaban J connectivity index is 0.00000225. The fourth-order valence-corrected chi connectivity index (χ4v) is 2.94. The number of aliphatic hydroxyl groups excluding tert-OH is 1. The summed E-state index contributed by atoms with van der Waals surface area (Å²) in [6.45, 7) is 3.61. The van der Waals surface area contributed by atoms with Gasteiger partial charge in [-0.05, 0) is 30.7 Å². The van der Waals surface area contributed by atoms with E-state index in [-0.39, 0.29) is 19.0 Å². The van der Waals surface area contributed by atoms with Crippen LogP contribution in [0.1, 0.15) is 13.3 Å². The number of imidazole rings is 1. The highest BCUT2D eigenvalue weighted by molar-refractivity contribution is 5.73. The van der Waals surface area contributed by atoms with Crippen LogP contribution in [0.4, 0.5) is 5.95 Å². The topological polar surface area (TPSA) is 64.3 Å². The summed E-state index contributed by atoms with van der Waals surface area (Å²) in [5.74, 6) is 1.42. The molecule has 1 unspecified atom stereocenters. The SMILES string of the molecule is CCCn1c(N)[n+](CC(O)COc2ccccc2)c2ccccc21.[Cl-]. The summed E-state index contributed by atoms with van der Waals surface area (Å²) in [6, 6.07) is 17.6. The second-order valence-corrected chi connectivity index (χ2v) is 5.89. The standard InChI is InChI=1S/C19H23N3O2.ClH/c1-2-12-21-17-10-6-7-11-18(17)22(19(21)20)13-15(23)14-24-16-8-4-3-5-9-16;/h3-11,15,20,23H,2,12-14H2,1H3;1H. The van der Waals surface area contributed by atoms with Crippen molar-refractivity contribution in [3.8, 4) is 5.75 Å². The molecule has 1 atom stereocenters. The Labute approximate surface area is 154 Å². The summed E-state index contributed by atoms with van der Waals surface area (Å²) in [5.41, 5.74) is 8.45. The number of aryl methyl sites for hydroxylation is 1. The zero-order valence-electron chi connectivity index (χ0n) is 14.3. The number of hydrogen-bond acceptors (Lipinski definition) is 3. The van der Waals surface area contributed by atoms with Gasteiger partial charge in [0.05, 0.1) is 6.54 Å². The number of para-hydroxylation sites is 3. The van der Waals surface area contributed by atoms with E-state index in [4.69, 9.17) is 10.5 Å². The van der Waals surface area contributed by atoms with Crippen LogP contribution in [0, 0.1) is 0 Å². The number of aliphatic hydroxyl groups is 1. The highest BCUT2D eigenvalue weighted by atomic mass is 35.5. The number of fused-ring (bicyclic) bond motifs is 1. The van der Waals surface area contributed by atoms with Gasteiger partial charge in [0.1, 0.15) is 36.0 Å². The van der Waals surface area contributed by atoms with Crippen molar-refractivity contribution in [1.29, 1.82) is 0 Å². The molecule has 0 aliphatic heterocycles. The van der Waals surface area contributed by atoms with Crippen molar-refractivity contribution in [1.82, 2.24) is 4.57 Å². The largest absolute Gasteiger partial charge is 1.00 e. The van der Waals surface area contributed by atoms with Gasteiger partial charge >= 0.3 is 5.95 Å². The Morgan fingerprint density at radius 1 is 1.12 bits per heavy atom. The van der Waals surface area contributed by atoms with Crippen molar-refractivity contribution in [2.75, 3.05) is 12.3 Å². The van der Waals surface area contributed by atoms with Crippen LogP contribution in [0.15, 0.2) is 54.6 Å². The van der Waals surface area contributed by atoms with Crippen LogP contribution in [0.25, 0.3) is 11.0 Å². The van der Waals surface area contributed by atoms with Crippen LogP contribution in [0.5, 0.6) is 5.75 Å². The molecule has 1 aromatic heterocycles. The summed E-state index contributed by atoms with van der Waals surface area (Å²) >= 11 is 0. The van der Waals surface area contributed by atoms with Gasteiger partial charge < -0.3 is 22.3 Å². The summed E-state index contributed by atoms with van der Waals surface area (Å²) in [7, 11) is 0. The van der Waals surface area contributed by atoms with Crippen molar-refractivity contribution in [3.63, 3.8) is 0 Å². The lowest BCUT2D eigenvalue weighted by Gasteiger charge is -2.12. The van der Waals surface area contributed by atoms with Crippen LogP contribution in [0.3, 0.4) is 0 Å². The number of rotatable bonds is 7. The second-order valence-electron chi connectivity index (χ2n) is 5.89. The molecule has 0 spiro atoms.